The Labute approximate surface area is 280 Å². The number of ether oxygens (including phenoxy) is 2. The molecule has 0 aliphatic carbocycles. The number of carbonyl (C=O) groups excluding carboxylic acids is 1. The molecule has 0 bridgehead atoms. The lowest BCUT2D eigenvalue weighted by molar-refractivity contribution is -0.154. The predicted octanol–water partition coefficient (Wildman–Crippen LogP) is 9.03. The molecule has 0 amide bonds. The third-order valence-corrected chi connectivity index (χ3v) is 8.75. The molecule has 10 nitrogen and oxygen atoms in total. The molecule has 0 fully saturated rings. The number of nitrogens with two attached hydrogens (primary N) is 1. The highest BCUT2D eigenvalue weighted by molar-refractivity contribution is 7.47. The number of carbonyl (C=O) groups is 2. The smallest absolute Gasteiger partial charge is 0.472 e. The topological polar surface area (TPSA) is 155 Å². The second-order valence-corrected chi connectivity index (χ2v) is 13.8. The summed E-state index contributed by atoms with van der Waals surface area (Å²) in [5, 5.41) is 8.84. The van der Waals surface area contributed by atoms with Crippen molar-refractivity contribution in [2.75, 3.05) is 26.4 Å². The van der Waals surface area contributed by atoms with E-state index in [1.807, 2.05) is 0 Å². The van der Waals surface area contributed by atoms with Gasteiger partial charge in [-0.05, 0) is 32.1 Å². The van der Waals surface area contributed by atoms with Crippen molar-refractivity contribution in [2.24, 2.45) is 5.73 Å². The van der Waals surface area contributed by atoms with Gasteiger partial charge in [0.05, 0.1) is 19.8 Å². The second kappa shape index (κ2) is 32.3. The van der Waals surface area contributed by atoms with E-state index < -0.39 is 45.1 Å². The monoisotopic (exact) mass is 677 g/mol. The number of rotatable bonds is 35. The Hall–Kier alpha value is -1.29. The summed E-state index contributed by atoms with van der Waals surface area (Å²) in [4.78, 5) is 33.3. The van der Waals surface area contributed by atoms with E-state index in [9.17, 15) is 19.0 Å². The van der Waals surface area contributed by atoms with Crippen LogP contribution in [0.4, 0.5) is 0 Å². The van der Waals surface area contributed by atoms with Gasteiger partial charge in [0.1, 0.15) is 12.1 Å². The molecular weight excluding hydrogens is 609 g/mol. The maximum atomic E-state index is 12.5. The number of hydrogen-bond donors (Lipinski definition) is 3. The molecule has 0 saturated carbocycles. The fraction of sp³-hybridized carbons (Fsp3) is 0.886. The molecule has 0 radical (unpaired) electrons. The highest BCUT2D eigenvalue weighted by Gasteiger charge is 2.27. The van der Waals surface area contributed by atoms with Crippen molar-refractivity contribution in [3.05, 3.63) is 12.2 Å². The van der Waals surface area contributed by atoms with Crippen molar-refractivity contribution in [2.45, 2.75) is 174 Å². The SMILES string of the molecule is CCCC/C=C\CCCCCCCC(=O)OC(COCCCCCCCCCCCCCCC)COP(=O)(O)OCC(N)C(=O)O. The van der Waals surface area contributed by atoms with Gasteiger partial charge < -0.3 is 25.2 Å². The van der Waals surface area contributed by atoms with Crippen LogP contribution in [0, 0.1) is 0 Å². The number of hydrogen-bond acceptors (Lipinski definition) is 8. The molecular formula is C35H68NO9P. The zero-order chi connectivity index (χ0) is 34.1. The van der Waals surface area contributed by atoms with Crippen molar-refractivity contribution >= 4 is 19.8 Å². The average molecular weight is 678 g/mol. The standard InChI is InChI=1S/C35H68NO9P/c1-3-5-7-9-11-13-15-16-18-20-22-24-26-28-42-29-32(30-43-46(40,41)44-31-33(36)35(38)39)45-34(37)27-25-23-21-19-17-14-12-10-8-6-4-2/h10,12,32-33H,3-9,11,13-31,36H2,1-2H3,(H,38,39)(H,40,41)/b12-10-. The molecule has 0 heterocycles. The van der Waals surface area contributed by atoms with Crippen molar-refractivity contribution in [3.8, 4) is 0 Å². The van der Waals surface area contributed by atoms with Gasteiger partial charge in [-0.25, -0.2) is 4.57 Å². The van der Waals surface area contributed by atoms with Gasteiger partial charge in [0.15, 0.2) is 0 Å². The molecule has 0 aromatic heterocycles. The van der Waals surface area contributed by atoms with Crippen molar-refractivity contribution in [3.63, 3.8) is 0 Å². The van der Waals surface area contributed by atoms with Crippen LogP contribution in [0.2, 0.25) is 0 Å². The Morgan fingerprint density at radius 1 is 0.674 bits per heavy atom. The Kier molecular flexibility index (Phi) is 31.4. The van der Waals surface area contributed by atoms with Crippen LogP contribution in [-0.2, 0) is 32.7 Å². The van der Waals surface area contributed by atoms with E-state index in [-0.39, 0.29) is 13.0 Å². The summed E-state index contributed by atoms with van der Waals surface area (Å²) in [6.07, 6.45) is 29.8. The van der Waals surface area contributed by atoms with Crippen LogP contribution in [-0.4, -0.2) is 60.5 Å². The fourth-order valence-electron chi connectivity index (χ4n) is 4.88. The molecule has 0 aliphatic heterocycles. The average Bonchev–Trinajstić information content (AvgIpc) is 3.03. The molecule has 0 saturated heterocycles. The van der Waals surface area contributed by atoms with Crippen LogP contribution in [0.25, 0.3) is 0 Å². The van der Waals surface area contributed by atoms with E-state index in [0.717, 1.165) is 57.8 Å². The van der Waals surface area contributed by atoms with Crippen LogP contribution in [0.5, 0.6) is 0 Å². The van der Waals surface area contributed by atoms with Gasteiger partial charge in [0.2, 0.25) is 0 Å². The van der Waals surface area contributed by atoms with Gasteiger partial charge in [-0.3, -0.25) is 18.6 Å². The van der Waals surface area contributed by atoms with Crippen LogP contribution in [0.15, 0.2) is 12.2 Å². The molecule has 0 aliphatic rings. The molecule has 3 unspecified atom stereocenters. The molecule has 272 valence electrons. The summed E-state index contributed by atoms with van der Waals surface area (Å²) in [7, 11) is -4.60. The maximum absolute atomic E-state index is 12.5. The van der Waals surface area contributed by atoms with E-state index in [2.05, 4.69) is 30.5 Å². The van der Waals surface area contributed by atoms with E-state index in [4.69, 9.17) is 24.8 Å². The number of unbranched alkanes of at least 4 members (excludes halogenated alkanes) is 19. The first-order valence-corrected chi connectivity index (χ1v) is 19.7. The van der Waals surface area contributed by atoms with Crippen LogP contribution < -0.4 is 5.73 Å². The third-order valence-electron chi connectivity index (χ3n) is 7.79. The number of carboxylic acids is 1. The Bertz CT molecular complexity index is 796. The maximum Gasteiger partial charge on any atom is 0.472 e. The van der Waals surface area contributed by atoms with Gasteiger partial charge in [-0.1, -0.05) is 135 Å². The first kappa shape index (κ1) is 44.7. The zero-order valence-electron chi connectivity index (χ0n) is 29.2. The normalized spacial score (nSPS) is 14.3. The van der Waals surface area contributed by atoms with Gasteiger partial charge in [0, 0.05) is 13.0 Å². The van der Waals surface area contributed by atoms with Gasteiger partial charge >= 0.3 is 19.8 Å². The summed E-state index contributed by atoms with van der Waals surface area (Å²) in [5.74, 6) is -1.79. The summed E-state index contributed by atoms with van der Waals surface area (Å²) in [6, 6.07) is -1.47. The number of phosphoric ester groups is 1. The highest BCUT2D eigenvalue weighted by atomic mass is 31.2. The summed E-state index contributed by atoms with van der Waals surface area (Å²) < 4.78 is 33.1. The molecule has 46 heavy (non-hydrogen) atoms. The summed E-state index contributed by atoms with van der Waals surface area (Å²) in [6.45, 7) is 3.82. The van der Waals surface area contributed by atoms with Gasteiger partial charge in [0.25, 0.3) is 0 Å². The molecule has 0 spiro atoms. The van der Waals surface area contributed by atoms with Gasteiger partial charge in [-0.2, -0.15) is 0 Å². The lowest BCUT2D eigenvalue weighted by atomic mass is 10.0. The minimum absolute atomic E-state index is 0.0183. The van der Waals surface area contributed by atoms with Crippen LogP contribution in [0.1, 0.15) is 162 Å². The summed E-state index contributed by atoms with van der Waals surface area (Å²) in [5.41, 5.74) is 5.33. The number of esters is 1. The predicted molar refractivity (Wildman–Crippen MR) is 185 cm³/mol. The van der Waals surface area contributed by atoms with E-state index >= 15 is 0 Å². The molecule has 0 aromatic rings. The summed E-state index contributed by atoms with van der Waals surface area (Å²) >= 11 is 0. The Morgan fingerprint density at radius 2 is 1.15 bits per heavy atom. The lowest BCUT2D eigenvalue weighted by Gasteiger charge is -2.20. The lowest BCUT2D eigenvalue weighted by Crippen LogP contribution is -2.34. The first-order valence-electron chi connectivity index (χ1n) is 18.2. The zero-order valence-corrected chi connectivity index (χ0v) is 30.1. The fourth-order valence-corrected chi connectivity index (χ4v) is 5.66. The van der Waals surface area contributed by atoms with E-state index in [1.54, 1.807) is 0 Å². The van der Waals surface area contributed by atoms with Crippen LogP contribution >= 0.6 is 7.82 Å². The number of aliphatic carboxylic acids is 1. The van der Waals surface area contributed by atoms with Crippen molar-refractivity contribution < 1.29 is 42.7 Å². The minimum atomic E-state index is -4.60. The van der Waals surface area contributed by atoms with Gasteiger partial charge in [-0.15, -0.1) is 0 Å². The number of carboxylic acid groups (broad SMARTS) is 1. The Morgan fingerprint density at radius 3 is 1.72 bits per heavy atom. The number of phosphoric acid groups is 1. The van der Waals surface area contributed by atoms with Crippen LogP contribution in [0.3, 0.4) is 0 Å². The molecule has 11 heteroatoms. The van der Waals surface area contributed by atoms with Crippen molar-refractivity contribution in [1.82, 2.24) is 0 Å². The Balaban J connectivity index is 4.32. The van der Waals surface area contributed by atoms with Crippen molar-refractivity contribution in [1.29, 1.82) is 0 Å². The third kappa shape index (κ3) is 31.3. The minimum Gasteiger partial charge on any atom is -0.480 e. The second-order valence-electron chi connectivity index (χ2n) is 12.4. The quantitative estimate of drug-likeness (QED) is 0.0256. The molecule has 0 aromatic carbocycles. The highest BCUT2D eigenvalue weighted by Crippen LogP contribution is 2.43. The number of allylic oxidation sites excluding steroid dienone is 2. The molecule has 0 rings (SSSR count). The molecule has 3 atom stereocenters. The van der Waals surface area contributed by atoms with E-state index in [0.29, 0.717) is 13.0 Å². The first-order chi connectivity index (χ1) is 22.2. The largest absolute Gasteiger partial charge is 0.480 e. The van der Waals surface area contributed by atoms with E-state index in [1.165, 1.54) is 77.0 Å². The molecule has 4 N–H and O–H groups in total.